The molecule has 2 aliphatic rings. The predicted molar refractivity (Wildman–Crippen MR) is 130 cm³/mol. The Labute approximate surface area is 194 Å². The Morgan fingerprint density at radius 3 is 2.67 bits per heavy atom. The van der Waals surface area contributed by atoms with E-state index in [1.165, 1.54) is 22.5 Å². The first-order valence-corrected chi connectivity index (χ1v) is 11.7. The zero-order valence-electron chi connectivity index (χ0n) is 18.1. The summed E-state index contributed by atoms with van der Waals surface area (Å²) >= 11 is 1.43. The molecule has 5 nitrogen and oxygen atoms in total. The second-order valence-corrected chi connectivity index (χ2v) is 9.15. The first-order chi connectivity index (χ1) is 16.2. The third-order valence-electron chi connectivity index (χ3n) is 6.31. The summed E-state index contributed by atoms with van der Waals surface area (Å²) in [6.45, 7) is 0. The molecule has 0 saturated heterocycles. The highest BCUT2D eigenvalue weighted by Crippen LogP contribution is 2.43. The van der Waals surface area contributed by atoms with E-state index in [0.29, 0.717) is 9.33 Å². The molecule has 1 aliphatic carbocycles. The van der Waals surface area contributed by atoms with Gasteiger partial charge in [0.25, 0.3) is 5.56 Å². The van der Waals surface area contributed by atoms with Gasteiger partial charge in [-0.1, -0.05) is 53.8 Å². The van der Waals surface area contributed by atoms with Gasteiger partial charge in [0.15, 0.2) is 4.80 Å². The van der Waals surface area contributed by atoms with Crippen molar-refractivity contribution in [2.75, 3.05) is 7.11 Å². The summed E-state index contributed by atoms with van der Waals surface area (Å²) in [5, 5.41) is 0. The molecule has 1 atom stereocenters. The maximum Gasteiger partial charge on any atom is 0.271 e. The fourth-order valence-corrected chi connectivity index (χ4v) is 5.80. The van der Waals surface area contributed by atoms with E-state index in [9.17, 15) is 4.79 Å². The van der Waals surface area contributed by atoms with Crippen molar-refractivity contribution in [3.8, 4) is 5.75 Å². The lowest BCUT2D eigenvalue weighted by atomic mass is 9.83. The van der Waals surface area contributed by atoms with Crippen LogP contribution in [0.4, 0.5) is 0 Å². The van der Waals surface area contributed by atoms with Crippen LogP contribution in [0.15, 0.2) is 88.4 Å². The fraction of sp³-hybridized carbons (Fsp3) is 0.148. The highest BCUT2D eigenvalue weighted by Gasteiger charge is 2.33. The van der Waals surface area contributed by atoms with Crippen LogP contribution < -0.4 is 19.6 Å². The number of ether oxygens (including phenoxy) is 1. The Kier molecular flexibility index (Phi) is 4.80. The molecule has 0 N–H and O–H groups in total. The number of hydrogen-bond acceptors (Lipinski definition) is 5. The van der Waals surface area contributed by atoms with Crippen LogP contribution in [-0.2, 0) is 6.42 Å². The number of pyridine rings is 1. The Morgan fingerprint density at radius 1 is 1.03 bits per heavy atom. The van der Waals surface area contributed by atoms with Crippen LogP contribution >= 0.6 is 11.3 Å². The first kappa shape index (κ1) is 19.9. The molecule has 0 bridgehead atoms. The number of thiazole rings is 1. The molecular formula is C27H21N3O2S. The van der Waals surface area contributed by atoms with Crippen molar-refractivity contribution in [2.45, 2.75) is 18.9 Å². The molecule has 3 heterocycles. The van der Waals surface area contributed by atoms with Gasteiger partial charge in [-0.2, -0.15) is 0 Å². The van der Waals surface area contributed by atoms with E-state index in [-0.39, 0.29) is 11.6 Å². The first-order valence-electron chi connectivity index (χ1n) is 10.9. The molecule has 0 radical (unpaired) electrons. The Morgan fingerprint density at radius 2 is 1.82 bits per heavy atom. The molecule has 33 heavy (non-hydrogen) atoms. The maximum atomic E-state index is 13.7. The number of benzene rings is 2. The molecule has 2 aromatic heterocycles. The van der Waals surface area contributed by atoms with E-state index in [0.717, 1.165) is 41.0 Å². The quantitative estimate of drug-likeness (QED) is 0.477. The molecule has 0 saturated carbocycles. The van der Waals surface area contributed by atoms with Crippen LogP contribution in [0.5, 0.6) is 5.75 Å². The van der Waals surface area contributed by atoms with Gasteiger partial charge in [0.1, 0.15) is 5.75 Å². The lowest BCUT2D eigenvalue weighted by Gasteiger charge is -2.31. The monoisotopic (exact) mass is 451 g/mol. The largest absolute Gasteiger partial charge is 0.496 e. The van der Waals surface area contributed by atoms with Gasteiger partial charge < -0.3 is 4.74 Å². The predicted octanol–water partition coefficient (Wildman–Crippen LogP) is 3.72. The second kappa shape index (κ2) is 7.98. The molecule has 1 aliphatic heterocycles. The molecular weight excluding hydrogens is 430 g/mol. The smallest absolute Gasteiger partial charge is 0.271 e. The van der Waals surface area contributed by atoms with Gasteiger partial charge in [0, 0.05) is 23.5 Å². The van der Waals surface area contributed by atoms with Gasteiger partial charge in [-0.25, -0.2) is 4.99 Å². The molecule has 6 heteroatoms. The van der Waals surface area contributed by atoms with Gasteiger partial charge in [-0.3, -0.25) is 14.3 Å². The van der Waals surface area contributed by atoms with Crippen LogP contribution in [0.1, 0.15) is 34.7 Å². The molecule has 0 amide bonds. The minimum atomic E-state index is -0.250. The van der Waals surface area contributed by atoms with Crippen molar-refractivity contribution in [2.24, 2.45) is 4.99 Å². The SMILES string of the molecule is COc1ccccc1[C@@H]1C2=C(N=c3s/c(=C\c4ccncc4)c(=O)n31)c1ccccc1CC2. The third-order valence-corrected chi connectivity index (χ3v) is 7.29. The summed E-state index contributed by atoms with van der Waals surface area (Å²) in [6, 6.07) is 20.0. The fourth-order valence-electron chi connectivity index (χ4n) is 4.80. The van der Waals surface area contributed by atoms with Crippen molar-refractivity contribution < 1.29 is 4.74 Å². The average Bonchev–Trinajstić information content (AvgIpc) is 3.17. The van der Waals surface area contributed by atoms with E-state index in [1.54, 1.807) is 19.5 Å². The zero-order valence-corrected chi connectivity index (χ0v) is 18.9. The Bertz CT molecular complexity index is 1580. The van der Waals surface area contributed by atoms with Crippen LogP contribution in [-0.4, -0.2) is 16.7 Å². The number of hydrogen-bond donors (Lipinski definition) is 0. The summed E-state index contributed by atoms with van der Waals surface area (Å²) < 4.78 is 8.23. The van der Waals surface area contributed by atoms with Gasteiger partial charge >= 0.3 is 0 Å². The Hall–Kier alpha value is -3.77. The number of aromatic nitrogens is 2. The normalized spacial score (nSPS) is 17.1. The number of allylic oxidation sites excluding steroid dienone is 1. The molecule has 6 rings (SSSR count). The second-order valence-electron chi connectivity index (χ2n) is 8.14. The van der Waals surface area contributed by atoms with Gasteiger partial charge in [0.05, 0.1) is 23.4 Å². The van der Waals surface area contributed by atoms with Crippen molar-refractivity contribution in [3.63, 3.8) is 0 Å². The minimum absolute atomic E-state index is 0.0307. The number of para-hydroxylation sites is 1. The number of nitrogens with zero attached hydrogens (tertiary/aromatic N) is 3. The summed E-state index contributed by atoms with van der Waals surface area (Å²) in [5.74, 6) is 0.777. The number of methoxy groups -OCH3 is 1. The van der Waals surface area contributed by atoms with Crippen molar-refractivity contribution in [1.29, 1.82) is 0 Å². The van der Waals surface area contributed by atoms with Crippen LogP contribution in [0.2, 0.25) is 0 Å². The van der Waals surface area contributed by atoms with Gasteiger partial charge in [-0.05, 0) is 53.8 Å². The lowest BCUT2D eigenvalue weighted by Crippen LogP contribution is -2.38. The lowest BCUT2D eigenvalue weighted by molar-refractivity contribution is 0.402. The third kappa shape index (κ3) is 3.26. The summed E-state index contributed by atoms with van der Waals surface area (Å²) in [5.41, 5.74) is 6.51. The highest BCUT2D eigenvalue weighted by molar-refractivity contribution is 7.07. The van der Waals surface area contributed by atoms with Crippen LogP contribution in [0, 0.1) is 0 Å². The summed E-state index contributed by atoms with van der Waals surface area (Å²) in [6.07, 6.45) is 7.16. The minimum Gasteiger partial charge on any atom is -0.496 e. The van der Waals surface area contributed by atoms with E-state index in [4.69, 9.17) is 9.73 Å². The topological polar surface area (TPSA) is 56.5 Å². The highest BCUT2D eigenvalue weighted by atomic mass is 32.1. The average molecular weight is 452 g/mol. The van der Waals surface area contributed by atoms with Gasteiger partial charge in [-0.15, -0.1) is 0 Å². The summed E-state index contributed by atoms with van der Waals surface area (Å²) in [4.78, 5) is 23.6. The van der Waals surface area contributed by atoms with E-state index < -0.39 is 0 Å². The molecule has 4 aromatic rings. The van der Waals surface area contributed by atoms with E-state index >= 15 is 0 Å². The van der Waals surface area contributed by atoms with E-state index in [1.807, 2.05) is 41.0 Å². The summed E-state index contributed by atoms with van der Waals surface area (Å²) in [7, 11) is 1.68. The number of fused-ring (bicyclic) bond motifs is 3. The molecule has 0 unspecified atom stereocenters. The molecule has 0 spiro atoms. The van der Waals surface area contributed by atoms with Crippen LogP contribution in [0.25, 0.3) is 11.8 Å². The number of aryl methyl sites for hydroxylation is 1. The maximum absolute atomic E-state index is 13.7. The van der Waals surface area contributed by atoms with Crippen molar-refractivity contribution >= 4 is 23.1 Å². The standard InChI is InChI=1S/C27H21N3O2S/c1-32-22-9-5-4-8-20(22)25-21-11-10-18-6-2-3-7-19(18)24(21)29-27-30(25)26(31)23(33-27)16-17-12-14-28-15-13-17/h2-9,12-16,25H,10-11H2,1H3/b23-16-/t25-/m1/s1. The molecule has 0 fully saturated rings. The molecule has 2 aromatic carbocycles. The van der Waals surface area contributed by atoms with Crippen LogP contribution in [0.3, 0.4) is 0 Å². The van der Waals surface area contributed by atoms with E-state index in [2.05, 4.69) is 35.3 Å². The number of rotatable bonds is 3. The zero-order chi connectivity index (χ0) is 22.4. The Balaban J connectivity index is 1.66. The van der Waals surface area contributed by atoms with Crippen molar-refractivity contribution in [1.82, 2.24) is 9.55 Å². The van der Waals surface area contributed by atoms with Gasteiger partial charge in [0.2, 0.25) is 0 Å². The van der Waals surface area contributed by atoms with Crippen molar-refractivity contribution in [3.05, 3.63) is 121 Å². The molecule has 162 valence electrons.